The minimum absolute atomic E-state index is 0.659. The topological polar surface area (TPSA) is 29.0 Å². The number of anilines is 1. The molecule has 0 spiro atoms. The molecule has 0 unspecified atom stereocenters. The molecule has 3 nitrogen and oxygen atoms in total. The molecule has 1 saturated carbocycles. The summed E-state index contributed by atoms with van der Waals surface area (Å²) >= 11 is 5.83. The smallest absolute Gasteiger partial charge is 0.132 e. The van der Waals surface area contributed by atoms with Crippen LogP contribution >= 0.6 is 11.6 Å². The molecular weight excluding hydrogens is 246 g/mol. The second-order valence-corrected chi connectivity index (χ2v) is 5.32. The average molecular weight is 268 g/mol. The largest absolute Gasteiger partial charge is 0.353 e. The third-order valence-corrected chi connectivity index (χ3v) is 3.85. The Morgan fingerprint density at radius 3 is 2.72 bits per heavy atom. The maximum absolute atomic E-state index is 5.83. The highest BCUT2D eigenvalue weighted by Gasteiger charge is 2.26. The maximum Gasteiger partial charge on any atom is 0.132 e. The van der Waals surface area contributed by atoms with Gasteiger partial charge in [0.15, 0.2) is 0 Å². The third kappa shape index (κ3) is 3.14. The molecule has 0 aromatic carbocycles. The summed E-state index contributed by atoms with van der Waals surface area (Å²) in [5.74, 6) is 2.68. The SMILES string of the molecule is CCc1cc(N(CCCCl)C2CCC2)nc(C)n1. The number of nitrogens with zero attached hydrogens (tertiary/aromatic N) is 3. The zero-order valence-corrected chi connectivity index (χ0v) is 12.1. The maximum atomic E-state index is 5.83. The number of halogens is 1. The van der Waals surface area contributed by atoms with E-state index >= 15 is 0 Å². The van der Waals surface area contributed by atoms with E-state index in [-0.39, 0.29) is 0 Å². The van der Waals surface area contributed by atoms with E-state index in [1.54, 1.807) is 0 Å². The summed E-state index contributed by atoms with van der Waals surface area (Å²) in [6.07, 6.45) is 5.89. The molecule has 0 atom stereocenters. The van der Waals surface area contributed by atoms with Gasteiger partial charge in [-0.05, 0) is 39.0 Å². The van der Waals surface area contributed by atoms with Crippen molar-refractivity contribution < 1.29 is 0 Å². The Balaban J connectivity index is 2.19. The summed E-state index contributed by atoms with van der Waals surface area (Å²) < 4.78 is 0. The van der Waals surface area contributed by atoms with Gasteiger partial charge < -0.3 is 4.90 Å². The van der Waals surface area contributed by atoms with Gasteiger partial charge in [0.2, 0.25) is 0 Å². The minimum atomic E-state index is 0.659. The number of alkyl halides is 1. The fourth-order valence-electron chi connectivity index (χ4n) is 2.35. The van der Waals surface area contributed by atoms with Gasteiger partial charge in [0.05, 0.1) is 0 Å². The fourth-order valence-corrected chi connectivity index (χ4v) is 2.47. The van der Waals surface area contributed by atoms with Crippen molar-refractivity contribution in [3.63, 3.8) is 0 Å². The second kappa shape index (κ2) is 6.37. The average Bonchev–Trinajstić information content (AvgIpc) is 2.31. The zero-order chi connectivity index (χ0) is 13.0. The van der Waals surface area contributed by atoms with Gasteiger partial charge in [-0.1, -0.05) is 6.92 Å². The van der Waals surface area contributed by atoms with Crippen LogP contribution in [-0.2, 0) is 6.42 Å². The van der Waals surface area contributed by atoms with Crippen LogP contribution in [0.4, 0.5) is 5.82 Å². The Morgan fingerprint density at radius 1 is 1.39 bits per heavy atom. The summed E-state index contributed by atoms with van der Waals surface area (Å²) in [7, 11) is 0. The first kappa shape index (κ1) is 13.6. The van der Waals surface area contributed by atoms with Crippen molar-refractivity contribution in [3.05, 3.63) is 17.6 Å². The van der Waals surface area contributed by atoms with E-state index in [9.17, 15) is 0 Å². The molecule has 0 N–H and O–H groups in total. The summed E-state index contributed by atoms with van der Waals surface area (Å²) in [4.78, 5) is 11.5. The molecule has 0 bridgehead atoms. The van der Waals surface area contributed by atoms with Gasteiger partial charge in [-0.25, -0.2) is 9.97 Å². The highest BCUT2D eigenvalue weighted by molar-refractivity contribution is 6.17. The molecule has 1 aliphatic rings. The predicted molar refractivity (Wildman–Crippen MR) is 76.5 cm³/mol. The fraction of sp³-hybridized carbons (Fsp3) is 0.714. The predicted octanol–water partition coefficient (Wildman–Crippen LogP) is 3.34. The Morgan fingerprint density at radius 2 is 2.17 bits per heavy atom. The quantitative estimate of drug-likeness (QED) is 0.741. The van der Waals surface area contributed by atoms with E-state index in [2.05, 4.69) is 27.9 Å². The van der Waals surface area contributed by atoms with Crippen molar-refractivity contribution in [2.24, 2.45) is 0 Å². The molecule has 1 aromatic rings. The molecular formula is C14H22ClN3. The lowest BCUT2D eigenvalue weighted by atomic mass is 9.91. The van der Waals surface area contributed by atoms with Crippen molar-refractivity contribution in [2.45, 2.75) is 52.0 Å². The van der Waals surface area contributed by atoms with Crippen molar-refractivity contribution in [2.75, 3.05) is 17.3 Å². The van der Waals surface area contributed by atoms with Crippen LogP contribution in [-0.4, -0.2) is 28.4 Å². The molecule has 1 fully saturated rings. The van der Waals surface area contributed by atoms with Crippen molar-refractivity contribution in [1.82, 2.24) is 9.97 Å². The number of aryl methyl sites for hydroxylation is 2. The first-order valence-electron chi connectivity index (χ1n) is 6.91. The molecule has 0 radical (unpaired) electrons. The van der Waals surface area contributed by atoms with Crippen LogP contribution in [0.1, 0.15) is 44.1 Å². The first-order valence-corrected chi connectivity index (χ1v) is 7.45. The molecule has 18 heavy (non-hydrogen) atoms. The highest BCUT2D eigenvalue weighted by atomic mass is 35.5. The monoisotopic (exact) mass is 267 g/mol. The lowest BCUT2D eigenvalue weighted by Crippen LogP contribution is -2.41. The van der Waals surface area contributed by atoms with Crippen molar-refractivity contribution in [3.8, 4) is 0 Å². The summed E-state index contributed by atoms with van der Waals surface area (Å²) in [6, 6.07) is 2.80. The van der Waals surface area contributed by atoms with Crippen LogP contribution in [0.3, 0.4) is 0 Å². The Bertz CT molecular complexity index is 391. The van der Waals surface area contributed by atoms with E-state index < -0.39 is 0 Å². The van der Waals surface area contributed by atoms with E-state index in [1.165, 1.54) is 19.3 Å². The first-order chi connectivity index (χ1) is 8.74. The molecule has 1 aromatic heterocycles. The molecule has 100 valence electrons. The number of hydrogen-bond acceptors (Lipinski definition) is 3. The lowest BCUT2D eigenvalue weighted by Gasteiger charge is -2.38. The molecule has 0 aliphatic heterocycles. The highest BCUT2D eigenvalue weighted by Crippen LogP contribution is 2.29. The third-order valence-electron chi connectivity index (χ3n) is 3.58. The van der Waals surface area contributed by atoms with E-state index in [0.29, 0.717) is 11.9 Å². The van der Waals surface area contributed by atoms with E-state index in [4.69, 9.17) is 11.6 Å². The van der Waals surface area contributed by atoms with Crippen molar-refractivity contribution in [1.29, 1.82) is 0 Å². The van der Waals surface area contributed by atoms with E-state index in [1.807, 2.05) is 6.92 Å². The van der Waals surface area contributed by atoms with Gasteiger partial charge in [0, 0.05) is 30.2 Å². The van der Waals surface area contributed by atoms with E-state index in [0.717, 1.165) is 36.7 Å². The van der Waals surface area contributed by atoms with Gasteiger partial charge in [0.25, 0.3) is 0 Å². The van der Waals surface area contributed by atoms with Gasteiger partial charge in [-0.3, -0.25) is 0 Å². The second-order valence-electron chi connectivity index (χ2n) is 4.94. The molecule has 1 aliphatic carbocycles. The van der Waals surface area contributed by atoms with Crippen LogP contribution in [0.5, 0.6) is 0 Å². The molecule has 2 rings (SSSR count). The van der Waals surface area contributed by atoms with Gasteiger partial charge in [0.1, 0.15) is 11.6 Å². The van der Waals surface area contributed by atoms with Gasteiger partial charge in [-0.15, -0.1) is 11.6 Å². The lowest BCUT2D eigenvalue weighted by molar-refractivity contribution is 0.383. The Kier molecular flexibility index (Phi) is 4.81. The number of hydrogen-bond donors (Lipinski definition) is 0. The summed E-state index contributed by atoms with van der Waals surface area (Å²) in [5.41, 5.74) is 1.13. The number of rotatable bonds is 6. The van der Waals surface area contributed by atoms with Crippen LogP contribution in [0.2, 0.25) is 0 Å². The summed E-state index contributed by atoms with van der Waals surface area (Å²) in [5, 5.41) is 0. The number of aromatic nitrogens is 2. The molecule has 0 amide bonds. The zero-order valence-electron chi connectivity index (χ0n) is 11.3. The van der Waals surface area contributed by atoms with Gasteiger partial charge in [-0.2, -0.15) is 0 Å². The standard InChI is InChI=1S/C14H22ClN3/c1-3-12-10-14(17-11(2)16-12)18(9-5-8-15)13-6-4-7-13/h10,13H,3-9H2,1-2H3. The Hall–Kier alpha value is -0.830. The molecule has 4 heteroatoms. The summed E-state index contributed by atoms with van der Waals surface area (Å²) in [6.45, 7) is 5.12. The van der Waals surface area contributed by atoms with Crippen molar-refractivity contribution >= 4 is 17.4 Å². The normalized spacial score (nSPS) is 15.5. The van der Waals surface area contributed by atoms with Crippen LogP contribution in [0, 0.1) is 6.92 Å². The van der Waals surface area contributed by atoms with Crippen LogP contribution in [0.15, 0.2) is 6.07 Å². The van der Waals surface area contributed by atoms with Crippen LogP contribution < -0.4 is 4.90 Å². The molecule has 0 saturated heterocycles. The molecule has 1 heterocycles. The Labute approximate surface area is 115 Å². The van der Waals surface area contributed by atoms with Crippen LogP contribution in [0.25, 0.3) is 0 Å². The van der Waals surface area contributed by atoms with Gasteiger partial charge >= 0.3 is 0 Å². The minimum Gasteiger partial charge on any atom is -0.353 e.